The molecule has 0 radical (unpaired) electrons. The Hall–Kier alpha value is -2.79. The Morgan fingerprint density at radius 1 is 1.21 bits per heavy atom. The van der Waals surface area contributed by atoms with Crippen LogP contribution in [0.5, 0.6) is 0 Å². The van der Waals surface area contributed by atoms with Gasteiger partial charge in [0.25, 0.3) is 0 Å². The first kappa shape index (κ1) is 19.5. The van der Waals surface area contributed by atoms with Crippen molar-refractivity contribution in [1.29, 1.82) is 0 Å². The predicted octanol–water partition coefficient (Wildman–Crippen LogP) is 4.47. The molecule has 5 nitrogen and oxygen atoms in total. The van der Waals surface area contributed by atoms with E-state index in [1.54, 1.807) is 4.90 Å². The highest BCUT2D eigenvalue weighted by molar-refractivity contribution is 6.31. The Labute approximate surface area is 175 Å². The first-order valence-electron chi connectivity index (χ1n) is 9.82. The van der Waals surface area contributed by atoms with E-state index in [1.807, 2.05) is 56.4 Å². The Morgan fingerprint density at radius 2 is 2.03 bits per heavy atom. The van der Waals surface area contributed by atoms with Gasteiger partial charge in [-0.2, -0.15) is 0 Å². The van der Waals surface area contributed by atoms with Gasteiger partial charge in [-0.05, 0) is 67.3 Å². The first-order valence-corrected chi connectivity index (χ1v) is 10.2. The van der Waals surface area contributed by atoms with Gasteiger partial charge in [0, 0.05) is 47.3 Å². The van der Waals surface area contributed by atoms with Crippen molar-refractivity contribution in [3.63, 3.8) is 0 Å². The molecule has 1 saturated heterocycles. The summed E-state index contributed by atoms with van der Waals surface area (Å²) in [5, 5.41) is 4.73. The van der Waals surface area contributed by atoms with Gasteiger partial charge in [0.05, 0.1) is 5.92 Å². The van der Waals surface area contributed by atoms with Crippen molar-refractivity contribution in [3.8, 4) is 0 Å². The molecule has 1 fully saturated rings. The van der Waals surface area contributed by atoms with E-state index in [9.17, 15) is 9.59 Å². The highest BCUT2D eigenvalue weighted by Crippen LogP contribution is 2.25. The average molecular weight is 410 g/mol. The standard InChI is InChI=1S/C23H24ClN3O2/c1-14-3-5-19(9-15(14)2)26-23(29)17-10-22(28)27(13-17)8-7-16-12-25-21-6-4-18(24)11-20(16)21/h3-6,9,11-12,17,25H,7-8,10,13H2,1-2H3,(H,26,29). The van der Waals surface area contributed by atoms with Gasteiger partial charge in [-0.1, -0.05) is 17.7 Å². The zero-order valence-corrected chi connectivity index (χ0v) is 17.3. The molecule has 1 aliphatic rings. The minimum Gasteiger partial charge on any atom is -0.361 e. The third-order valence-electron chi connectivity index (χ3n) is 5.74. The van der Waals surface area contributed by atoms with E-state index in [0.717, 1.165) is 34.1 Å². The summed E-state index contributed by atoms with van der Waals surface area (Å²) in [7, 11) is 0. The quantitative estimate of drug-likeness (QED) is 0.653. The Bertz CT molecular complexity index is 1090. The Morgan fingerprint density at radius 3 is 2.83 bits per heavy atom. The number of anilines is 1. The molecular formula is C23H24ClN3O2. The van der Waals surface area contributed by atoms with Crippen LogP contribution in [0.1, 0.15) is 23.1 Å². The number of aryl methyl sites for hydroxylation is 2. The van der Waals surface area contributed by atoms with Crippen molar-refractivity contribution in [2.24, 2.45) is 5.92 Å². The molecule has 2 amide bonds. The van der Waals surface area contributed by atoms with Crippen LogP contribution in [-0.4, -0.2) is 34.8 Å². The molecule has 1 aromatic heterocycles. The highest BCUT2D eigenvalue weighted by atomic mass is 35.5. The van der Waals surface area contributed by atoms with Crippen LogP contribution in [0, 0.1) is 19.8 Å². The second-order valence-electron chi connectivity index (χ2n) is 7.78. The van der Waals surface area contributed by atoms with Gasteiger partial charge in [-0.3, -0.25) is 9.59 Å². The summed E-state index contributed by atoms with van der Waals surface area (Å²) in [5.41, 5.74) is 5.25. The van der Waals surface area contributed by atoms with Crippen LogP contribution < -0.4 is 5.32 Å². The summed E-state index contributed by atoms with van der Waals surface area (Å²) in [6, 6.07) is 11.6. The summed E-state index contributed by atoms with van der Waals surface area (Å²) in [6.45, 7) is 5.10. The van der Waals surface area contributed by atoms with Crippen LogP contribution in [0.2, 0.25) is 5.02 Å². The maximum atomic E-state index is 12.6. The number of H-pyrrole nitrogens is 1. The molecule has 2 aromatic carbocycles. The molecule has 3 aromatic rings. The Balaban J connectivity index is 1.37. The molecule has 1 aliphatic heterocycles. The maximum absolute atomic E-state index is 12.6. The van der Waals surface area contributed by atoms with Crippen molar-refractivity contribution < 1.29 is 9.59 Å². The SMILES string of the molecule is Cc1ccc(NC(=O)C2CC(=O)N(CCc3c[nH]c4ccc(Cl)cc34)C2)cc1C. The summed E-state index contributed by atoms with van der Waals surface area (Å²) >= 11 is 6.11. The monoisotopic (exact) mass is 409 g/mol. The molecule has 6 heteroatoms. The second kappa shape index (κ2) is 7.91. The van der Waals surface area contributed by atoms with Gasteiger partial charge >= 0.3 is 0 Å². The number of nitrogens with zero attached hydrogens (tertiary/aromatic N) is 1. The summed E-state index contributed by atoms with van der Waals surface area (Å²) in [5.74, 6) is -0.382. The third kappa shape index (κ3) is 4.15. The molecule has 1 atom stereocenters. The van der Waals surface area contributed by atoms with Gasteiger partial charge < -0.3 is 15.2 Å². The van der Waals surface area contributed by atoms with Gasteiger partial charge in [0.1, 0.15) is 0 Å². The number of hydrogen-bond donors (Lipinski definition) is 2. The molecular weight excluding hydrogens is 386 g/mol. The van der Waals surface area contributed by atoms with E-state index in [-0.39, 0.29) is 24.2 Å². The second-order valence-corrected chi connectivity index (χ2v) is 8.22. The number of likely N-dealkylation sites (tertiary alicyclic amines) is 1. The number of rotatable bonds is 5. The van der Waals surface area contributed by atoms with Gasteiger partial charge in [0.2, 0.25) is 11.8 Å². The van der Waals surface area contributed by atoms with Gasteiger partial charge in [-0.25, -0.2) is 0 Å². The molecule has 1 unspecified atom stereocenters. The first-order chi connectivity index (χ1) is 13.9. The van der Waals surface area contributed by atoms with Gasteiger partial charge in [0.15, 0.2) is 0 Å². The number of carbonyl (C=O) groups excluding carboxylic acids is 2. The number of nitrogens with one attached hydrogen (secondary N) is 2. The fourth-order valence-corrected chi connectivity index (χ4v) is 4.01. The van der Waals surface area contributed by atoms with Crippen molar-refractivity contribution in [1.82, 2.24) is 9.88 Å². The number of aromatic nitrogens is 1. The number of fused-ring (bicyclic) bond motifs is 1. The Kier molecular flexibility index (Phi) is 5.33. The van der Waals surface area contributed by atoms with Crippen LogP contribution in [0.15, 0.2) is 42.6 Å². The fourth-order valence-electron chi connectivity index (χ4n) is 3.84. The van der Waals surface area contributed by atoms with E-state index in [1.165, 1.54) is 5.56 Å². The predicted molar refractivity (Wildman–Crippen MR) is 116 cm³/mol. The normalized spacial score (nSPS) is 16.6. The van der Waals surface area contributed by atoms with E-state index in [0.29, 0.717) is 18.1 Å². The number of halogens is 1. The van der Waals surface area contributed by atoms with E-state index in [4.69, 9.17) is 11.6 Å². The zero-order chi connectivity index (χ0) is 20.5. The number of amides is 2. The lowest BCUT2D eigenvalue weighted by Crippen LogP contribution is -2.30. The lowest BCUT2D eigenvalue weighted by atomic mass is 10.1. The van der Waals surface area contributed by atoms with E-state index < -0.39 is 0 Å². The molecule has 150 valence electrons. The number of hydrogen-bond acceptors (Lipinski definition) is 2. The van der Waals surface area contributed by atoms with Gasteiger partial charge in [-0.15, -0.1) is 0 Å². The minimum absolute atomic E-state index is 0.0307. The topological polar surface area (TPSA) is 65.2 Å². The van der Waals surface area contributed by atoms with Crippen LogP contribution in [-0.2, 0) is 16.0 Å². The zero-order valence-electron chi connectivity index (χ0n) is 16.6. The number of benzene rings is 2. The molecule has 0 aliphatic carbocycles. The van der Waals surface area contributed by atoms with Crippen molar-refractivity contribution in [3.05, 3.63) is 64.3 Å². The van der Waals surface area contributed by atoms with Crippen molar-refractivity contribution in [2.75, 3.05) is 18.4 Å². The smallest absolute Gasteiger partial charge is 0.229 e. The number of aromatic amines is 1. The molecule has 4 rings (SSSR count). The maximum Gasteiger partial charge on any atom is 0.229 e. The summed E-state index contributed by atoms with van der Waals surface area (Å²) in [4.78, 5) is 30.1. The molecule has 0 spiro atoms. The lowest BCUT2D eigenvalue weighted by Gasteiger charge is -2.16. The average Bonchev–Trinajstić information content (AvgIpc) is 3.26. The minimum atomic E-state index is -0.318. The van der Waals surface area contributed by atoms with Crippen molar-refractivity contribution >= 4 is 40.0 Å². The fraction of sp³-hybridized carbons (Fsp3) is 0.304. The van der Waals surface area contributed by atoms with Crippen molar-refractivity contribution in [2.45, 2.75) is 26.7 Å². The largest absolute Gasteiger partial charge is 0.361 e. The lowest BCUT2D eigenvalue weighted by molar-refractivity contribution is -0.128. The van der Waals surface area contributed by atoms with Crippen LogP contribution in [0.3, 0.4) is 0 Å². The molecule has 2 heterocycles. The molecule has 0 saturated carbocycles. The summed E-state index contributed by atoms with van der Waals surface area (Å²) in [6.07, 6.45) is 2.94. The molecule has 29 heavy (non-hydrogen) atoms. The highest BCUT2D eigenvalue weighted by Gasteiger charge is 2.34. The molecule has 0 bridgehead atoms. The van der Waals surface area contributed by atoms with E-state index >= 15 is 0 Å². The number of carbonyl (C=O) groups is 2. The molecule has 2 N–H and O–H groups in total. The summed E-state index contributed by atoms with van der Waals surface area (Å²) < 4.78 is 0. The van der Waals surface area contributed by atoms with Crippen LogP contribution >= 0.6 is 11.6 Å². The van der Waals surface area contributed by atoms with Crippen LogP contribution in [0.4, 0.5) is 5.69 Å². The third-order valence-corrected chi connectivity index (χ3v) is 5.98. The van der Waals surface area contributed by atoms with E-state index in [2.05, 4.69) is 10.3 Å². The van der Waals surface area contributed by atoms with Crippen LogP contribution in [0.25, 0.3) is 10.9 Å².